The average Bonchev–Trinajstić information content (AvgIpc) is 2.84. The second-order valence-electron chi connectivity index (χ2n) is 8.45. The lowest BCUT2D eigenvalue weighted by molar-refractivity contribution is -0.136. The van der Waals surface area contributed by atoms with Crippen LogP contribution in [0.15, 0.2) is 12.2 Å². The first-order valence-corrected chi connectivity index (χ1v) is 12.3. The van der Waals surface area contributed by atoms with Crippen molar-refractivity contribution in [3.63, 3.8) is 0 Å². The lowest BCUT2D eigenvalue weighted by atomic mass is 10.0. The fraction of sp³-hybridized carbons (Fsp3) is 0.875. The molecule has 6 atom stereocenters. The maximum atomic E-state index is 9.90. The Kier molecular flexibility index (Phi) is 25.1. The van der Waals surface area contributed by atoms with Crippen LogP contribution in [0.5, 0.6) is 0 Å². The summed E-state index contributed by atoms with van der Waals surface area (Å²) < 4.78 is 0. The molecule has 0 aromatic carbocycles. The number of carbonyl (C=O) groups excluding carboxylic acids is 1. The molecule has 0 saturated heterocycles. The molecular weight excluding hydrogens is 430 g/mol. The van der Waals surface area contributed by atoms with Gasteiger partial charge < -0.3 is 46.3 Å². The van der Waals surface area contributed by atoms with Crippen molar-refractivity contribution in [2.75, 3.05) is 13.2 Å². The molecule has 0 saturated carbocycles. The first kappa shape index (κ1) is 34.3. The van der Waals surface area contributed by atoms with Crippen LogP contribution < -0.4 is 5.73 Å². The van der Waals surface area contributed by atoms with Gasteiger partial charge in [-0.2, -0.15) is 0 Å². The minimum Gasteiger partial charge on any atom is -0.395 e. The standard InChI is InChI=1S/C18H37NO2.C6H12O6/c1-2-3-4-5-6-7-8-9-10-11-12-13-14-15-18(21)17(19)16-20;7-1-3(9)5(11)6(12)4(10)2-8/h14-15,17-18,20-21H,2-13,16,19H2,1H3;1,3-6,8-12H,2H2/b15-14+;/t17-,18+;3-,4+,5+,6+/m00/s1. The van der Waals surface area contributed by atoms with Gasteiger partial charge in [0.15, 0.2) is 6.29 Å². The Bertz CT molecular complexity index is 452. The van der Waals surface area contributed by atoms with Gasteiger partial charge in [0.05, 0.1) is 25.4 Å². The molecule has 0 spiro atoms. The maximum Gasteiger partial charge on any atom is 0.151 e. The van der Waals surface area contributed by atoms with Crippen molar-refractivity contribution in [2.45, 2.75) is 121 Å². The Balaban J connectivity index is 0. The summed E-state index contributed by atoms with van der Waals surface area (Å²) in [7, 11) is 0. The molecule has 0 heterocycles. The molecular formula is C24H49NO8. The number of allylic oxidation sites excluding steroid dienone is 1. The number of aliphatic hydroxyl groups is 7. The van der Waals surface area contributed by atoms with Gasteiger partial charge in [0.1, 0.15) is 24.4 Å². The van der Waals surface area contributed by atoms with E-state index < -0.39 is 43.2 Å². The van der Waals surface area contributed by atoms with Crippen molar-refractivity contribution in [3.05, 3.63) is 12.2 Å². The van der Waals surface area contributed by atoms with Gasteiger partial charge in [0, 0.05) is 0 Å². The topological polar surface area (TPSA) is 185 Å². The number of hydrogen-bond donors (Lipinski definition) is 8. The van der Waals surface area contributed by atoms with E-state index in [0.29, 0.717) is 0 Å². The second-order valence-corrected chi connectivity index (χ2v) is 8.45. The summed E-state index contributed by atoms with van der Waals surface area (Å²) in [5, 5.41) is 61.8. The fourth-order valence-electron chi connectivity index (χ4n) is 3.03. The van der Waals surface area contributed by atoms with Gasteiger partial charge in [0.25, 0.3) is 0 Å². The molecule has 0 aromatic rings. The normalized spacial score (nSPS) is 17.0. The highest BCUT2D eigenvalue weighted by Gasteiger charge is 2.29. The summed E-state index contributed by atoms with van der Waals surface area (Å²) in [6.07, 6.45) is 12.0. The lowest BCUT2D eigenvalue weighted by Crippen LogP contribution is -2.46. The first-order valence-electron chi connectivity index (χ1n) is 12.3. The smallest absolute Gasteiger partial charge is 0.151 e. The van der Waals surface area contributed by atoms with Crippen molar-refractivity contribution in [1.82, 2.24) is 0 Å². The number of hydrogen-bond acceptors (Lipinski definition) is 9. The van der Waals surface area contributed by atoms with Gasteiger partial charge in [-0.25, -0.2) is 0 Å². The Hall–Kier alpha value is -0.910. The zero-order valence-corrected chi connectivity index (χ0v) is 20.2. The van der Waals surface area contributed by atoms with E-state index in [1.165, 1.54) is 70.6 Å². The summed E-state index contributed by atoms with van der Waals surface area (Å²) in [4.78, 5) is 9.90. The number of carbonyl (C=O) groups is 1. The SMILES string of the molecule is CCCCCCCCCCCCC/C=C/[C@@H](O)[C@@H](N)CO.O=C[C@H](O)[C@@H](O)[C@H](O)[C@H](O)CO. The fourth-order valence-corrected chi connectivity index (χ4v) is 3.03. The van der Waals surface area contributed by atoms with Crippen molar-refractivity contribution < 1.29 is 40.5 Å². The molecule has 0 aliphatic heterocycles. The third-order valence-corrected chi connectivity index (χ3v) is 5.38. The van der Waals surface area contributed by atoms with Crippen LogP contribution in [0.4, 0.5) is 0 Å². The number of aliphatic hydroxyl groups excluding tert-OH is 7. The van der Waals surface area contributed by atoms with Gasteiger partial charge in [-0.15, -0.1) is 0 Å². The Morgan fingerprint density at radius 3 is 1.61 bits per heavy atom. The molecule has 0 radical (unpaired) electrons. The molecule has 9 heteroatoms. The van der Waals surface area contributed by atoms with Crippen LogP contribution in [0.3, 0.4) is 0 Å². The van der Waals surface area contributed by atoms with Crippen molar-refractivity contribution in [3.8, 4) is 0 Å². The van der Waals surface area contributed by atoms with Gasteiger partial charge in [0.2, 0.25) is 0 Å². The van der Waals surface area contributed by atoms with Crippen LogP contribution in [0.25, 0.3) is 0 Å². The van der Waals surface area contributed by atoms with Gasteiger partial charge in [-0.05, 0) is 12.8 Å². The zero-order chi connectivity index (χ0) is 25.5. The van der Waals surface area contributed by atoms with Crippen molar-refractivity contribution >= 4 is 6.29 Å². The molecule has 0 bridgehead atoms. The lowest BCUT2D eigenvalue weighted by Gasteiger charge is -2.22. The van der Waals surface area contributed by atoms with Gasteiger partial charge in [-0.3, -0.25) is 0 Å². The predicted octanol–water partition coefficient (Wildman–Crippen LogP) is 0.545. The highest BCUT2D eigenvalue weighted by Crippen LogP contribution is 2.12. The van der Waals surface area contributed by atoms with E-state index in [1.54, 1.807) is 6.08 Å². The maximum absolute atomic E-state index is 9.90. The molecule has 198 valence electrons. The number of aldehydes is 1. The molecule has 0 aliphatic carbocycles. The summed E-state index contributed by atoms with van der Waals surface area (Å²) in [6, 6.07) is -0.557. The van der Waals surface area contributed by atoms with Crippen LogP contribution in [0, 0.1) is 0 Å². The largest absolute Gasteiger partial charge is 0.395 e. The van der Waals surface area contributed by atoms with Crippen molar-refractivity contribution in [1.29, 1.82) is 0 Å². The Morgan fingerprint density at radius 1 is 0.697 bits per heavy atom. The highest BCUT2D eigenvalue weighted by atomic mass is 16.4. The number of nitrogens with two attached hydrogens (primary N) is 1. The average molecular weight is 480 g/mol. The van der Waals surface area contributed by atoms with Crippen LogP contribution in [-0.4, -0.2) is 91.8 Å². The zero-order valence-electron chi connectivity index (χ0n) is 20.2. The van der Waals surface area contributed by atoms with Crippen LogP contribution in [-0.2, 0) is 4.79 Å². The van der Waals surface area contributed by atoms with Gasteiger partial charge in [-0.1, -0.05) is 83.3 Å². The second kappa shape index (κ2) is 24.2. The summed E-state index contributed by atoms with van der Waals surface area (Å²) in [5.74, 6) is 0. The van der Waals surface area contributed by atoms with E-state index in [2.05, 4.69) is 6.92 Å². The molecule has 0 aromatic heterocycles. The molecule has 0 aliphatic rings. The molecule has 0 rings (SSSR count). The quantitative estimate of drug-likeness (QED) is 0.0701. The minimum absolute atomic E-state index is 0.0258. The third-order valence-electron chi connectivity index (χ3n) is 5.38. The Morgan fingerprint density at radius 2 is 1.18 bits per heavy atom. The molecule has 33 heavy (non-hydrogen) atoms. The summed E-state index contributed by atoms with van der Waals surface area (Å²) in [6.45, 7) is 1.32. The van der Waals surface area contributed by atoms with E-state index in [0.717, 1.165) is 6.42 Å². The monoisotopic (exact) mass is 479 g/mol. The Labute approximate surface area is 199 Å². The van der Waals surface area contributed by atoms with E-state index >= 15 is 0 Å². The van der Waals surface area contributed by atoms with Crippen LogP contribution >= 0.6 is 0 Å². The molecule has 9 nitrogen and oxygen atoms in total. The summed E-state index contributed by atoms with van der Waals surface area (Å²) >= 11 is 0. The molecule has 0 unspecified atom stereocenters. The third kappa shape index (κ3) is 20.2. The molecule has 0 amide bonds. The predicted molar refractivity (Wildman–Crippen MR) is 128 cm³/mol. The van der Waals surface area contributed by atoms with E-state index in [9.17, 15) is 9.90 Å². The number of unbranched alkanes of at least 4 members (excludes halogenated alkanes) is 11. The summed E-state index contributed by atoms with van der Waals surface area (Å²) in [5.41, 5.74) is 5.51. The molecule has 9 N–H and O–H groups in total. The first-order chi connectivity index (χ1) is 15.8. The van der Waals surface area contributed by atoms with Crippen LogP contribution in [0.1, 0.15) is 84.0 Å². The molecule has 0 fully saturated rings. The van der Waals surface area contributed by atoms with E-state index in [-0.39, 0.29) is 12.9 Å². The van der Waals surface area contributed by atoms with Crippen LogP contribution in [0.2, 0.25) is 0 Å². The minimum atomic E-state index is -1.79. The highest BCUT2D eigenvalue weighted by molar-refractivity contribution is 5.56. The van der Waals surface area contributed by atoms with E-state index in [1.807, 2.05) is 6.08 Å². The number of rotatable bonds is 20. The van der Waals surface area contributed by atoms with Crippen molar-refractivity contribution in [2.24, 2.45) is 5.73 Å². The van der Waals surface area contributed by atoms with E-state index in [4.69, 9.17) is 36.4 Å². The van der Waals surface area contributed by atoms with Gasteiger partial charge >= 0.3 is 0 Å².